The van der Waals surface area contributed by atoms with Crippen LogP contribution >= 0.6 is 23.4 Å². The Morgan fingerprint density at radius 3 is 2.95 bits per heavy atom. The lowest BCUT2D eigenvalue weighted by Gasteiger charge is -2.01. The zero-order valence-corrected chi connectivity index (χ0v) is 11.3. The van der Waals surface area contributed by atoms with Crippen LogP contribution in [0, 0.1) is 10.1 Å². The van der Waals surface area contributed by atoms with Crippen LogP contribution in [0.15, 0.2) is 23.4 Å². The third kappa shape index (κ3) is 3.06. The molecule has 0 saturated heterocycles. The first-order valence-electron chi connectivity index (χ1n) is 5.19. The SMILES string of the molecule is O=C(O)CSc1n[nH]c(-c2c(Cl)cccc2[N+](=O)[O-])n1. The van der Waals surface area contributed by atoms with Crippen LogP contribution in [0.5, 0.6) is 0 Å². The number of aromatic nitrogens is 3. The largest absolute Gasteiger partial charge is 0.481 e. The summed E-state index contributed by atoms with van der Waals surface area (Å²) >= 11 is 6.85. The van der Waals surface area contributed by atoms with Crippen LogP contribution in [0.2, 0.25) is 5.02 Å². The van der Waals surface area contributed by atoms with Gasteiger partial charge in [0.05, 0.1) is 15.7 Å². The highest BCUT2D eigenvalue weighted by atomic mass is 35.5. The minimum atomic E-state index is -1.01. The summed E-state index contributed by atoms with van der Waals surface area (Å²) in [5.41, 5.74) is -0.0859. The van der Waals surface area contributed by atoms with Crippen molar-refractivity contribution in [1.82, 2.24) is 15.2 Å². The van der Waals surface area contributed by atoms with Gasteiger partial charge in [0.2, 0.25) is 5.16 Å². The Morgan fingerprint density at radius 2 is 2.30 bits per heavy atom. The van der Waals surface area contributed by atoms with Crippen molar-refractivity contribution in [2.45, 2.75) is 5.16 Å². The Labute approximate surface area is 121 Å². The molecule has 0 saturated carbocycles. The lowest BCUT2D eigenvalue weighted by Crippen LogP contribution is -1.97. The maximum absolute atomic E-state index is 11.0. The van der Waals surface area contributed by atoms with E-state index in [4.69, 9.17) is 16.7 Å². The Balaban J connectivity index is 2.37. The molecule has 2 aromatic rings. The van der Waals surface area contributed by atoms with Gasteiger partial charge in [-0.05, 0) is 6.07 Å². The summed E-state index contributed by atoms with van der Waals surface area (Å²) in [6.45, 7) is 0. The van der Waals surface area contributed by atoms with E-state index in [1.807, 2.05) is 0 Å². The maximum atomic E-state index is 11.0. The number of rotatable bonds is 5. The molecule has 0 bridgehead atoms. The smallest absolute Gasteiger partial charge is 0.313 e. The lowest BCUT2D eigenvalue weighted by atomic mass is 10.1. The van der Waals surface area contributed by atoms with Crippen molar-refractivity contribution in [3.63, 3.8) is 0 Å². The Morgan fingerprint density at radius 1 is 1.55 bits per heavy atom. The van der Waals surface area contributed by atoms with Crippen LogP contribution in [0.25, 0.3) is 11.4 Å². The molecule has 0 atom stereocenters. The first-order chi connectivity index (χ1) is 9.49. The predicted molar refractivity (Wildman–Crippen MR) is 71.8 cm³/mol. The van der Waals surface area contributed by atoms with Gasteiger partial charge >= 0.3 is 5.97 Å². The molecule has 1 heterocycles. The molecule has 0 aliphatic carbocycles. The Kier molecular flexibility index (Phi) is 4.20. The number of nitrogens with one attached hydrogen (secondary N) is 1. The molecule has 8 nitrogen and oxygen atoms in total. The van der Waals surface area contributed by atoms with Gasteiger partial charge < -0.3 is 5.11 Å². The molecule has 2 N–H and O–H groups in total. The van der Waals surface area contributed by atoms with Gasteiger partial charge in [0.25, 0.3) is 5.69 Å². The lowest BCUT2D eigenvalue weighted by molar-refractivity contribution is -0.384. The van der Waals surface area contributed by atoms with Gasteiger partial charge in [0.15, 0.2) is 5.82 Å². The normalized spacial score (nSPS) is 10.4. The zero-order valence-electron chi connectivity index (χ0n) is 9.74. The monoisotopic (exact) mass is 314 g/mol. The standard InChI is InChI=1S/C10H7ClN4O4S/c11-5-2-1-3-6(15(18)19)8(5)9-12-10(14-13-9)20-4-7(16)17/h1-3H,4H2,(H,16,17)(H,12,13,14). The molecular weight excluding hydrogens is 308 g/mol. The van der Waals surface area contributed by atoms with Crippen molar-refractivity contribution >= 4 is 35.0 Å². The number of carbonyl (C=O) groups is 1. The average molecular weight is 315 g/mol. The molecule has 0 aliphatic rings. The number of carboxylic acid groups (broad SMARTS) is 1. The molecule has 10 heteroatoms. The van der Waals surface area contributed by atoms with E-state index in [1.165, 1.54) is 18.2 Å². The van der Waals surface area contributed by atoms with E-state index in [0.717, 1.165) is 11.8 Å². The van der Waals surface area contributed by atoms with E-state index >= 15 is 0 Å². The number of thioether (sulfide) groups is 1. The van der Waals surface area contributed by atoms with E-state index in [0.29, 0.717) is 0 Å². The van der Waals surface area contributed by atoms with Gasteiger partial charge in [-0.15, -0.1) is 5.10 Å². The molecule has 1 aromatic heterocycles. The number of H-pyrrole nitrogens is 1. The Bertz CT molecular complexity index is 675. The second kappa shape index (κ2) is 5.88. The number of aliphatic carboxylic acids is 1. The number of halogens is 1. The first-order valence-corrected chi connectivity index (χ1v) is 6.55. The molecule has 0 amide bonds. The highest BCUT2D eigenvalue weighted by Gasteiger charge is 2.21. The third-order valence-electron chi connectivity index (χ3n) is 2.21. The topological polar surface area (TPSA) is 122 Å². The first kappa shape index (κ1) is 14.3. The number of nitro benzene ring substituents is 1. The van der Waals surface area contributed by atoms with Crippen molar-refractivity contribution < 1.29 is 14.8 Å². The van der Waals surface area contributed by atoms with Crippen molar-refractivity contribution in [2.24, 2.45) is 0 Å². The van der Waals surface area contributed by atoms with Crippen LogP contribution in [0.1, 0.15) is 0 Å². The molecule has 0 fully saturated rings. The zero-order chi connectivity index (χ0) is 14.7. The second-order valence-electron chi connectivity index (χ2n) is 3.54. The van der Waals surface area contributed by atoms with Crippen molar-refractivity contribution in [3.05, 3.63) is 33.3 Å². The van der Waals surface area contributed by atoms with Crippen LogP contribution in [-0.2, 0) is 4.79 Å². The summed E-state index contributed by atoms with van der Waals surface area (Å²) in [5, 5.41) is 26.2. The number of benzene rings is 1. The predicted octanol–water partition coefficient (Wildman–Crippen LogP) is 2.21. The molecule has 0 radical (unpaired) electrons. The van der Waals surface area contributed by atoms with Gasteiger partial charge in [0, 0.05) is 6.07 Å². The van der Waals surface area contributed by atoms with E-state index in [-0.39, 0.29) is 33.0 Å². The fraction of sp³-hybridized carbons (Fsp3) is 0.100. The van der Waals surface area contributed by atoms with Gasteiger partial charge in [-0.3, -0.25) is 20.0 Å². The van der Waals surface area contributed by atoms with Gasteiger partial charge in [-0.2, -0.15) is 0 Å². The van der Waals surface area contributed by atoms with Crippen molar-refractivity contribution in [3.8, 4) is 11.4 Å². The van der Waals surface area contributed by atoms with Crippen LogP contribution < -0.4 is 0 Å². The van der Waals surface area contributed by atoms with Gasteiger partial charge in [0.1, 0.15) is 5.56 Å². The minimum absolute atomic E-state index is 0.119. The van der Waals surface area contributed by atoms with Crippen molar-refractivity contribution in [1.29, 1.82) is 0 Å². The quantitative estimate of drug-likeness (QED) is 0.492. The Hall–Kier alpha value is -2.13. The molecular formula is C10H7ClN4O4S. The minimum Gasteiger partial charge on any atom is -0.481 e. The van der Waals surface area contributed by atoms with E-state index in [9.17, 15) is 14.9 Å². The summed E-state index contributed by atoms with van der Waals surface area (Å²) in [6, 6.07) is 4.25. The highest BCUT2D eigenvalue weighted by molar-refractivity contribution is 7.99. The number of carboxylic acids is 1. The summed E-state index contributed by atoms with van der Waals surface area (Å²) in [4.78, 5) is 24.8. The van der Waals surface area contributed by atoms with Crippen LogP contribution in [-0.4, -0.2) is 36.9 Å². The third-order valence-corrected chi connectivity index (χ3v) is 3.36. The summed E-state index contributed by atoms with van der Waals surface area (Å²) < 4.78 is 0. The fourth-order valence-corrected chi connectivity index (χ4v) is 2.23. The molecule has 0 spiro atoms. The average Bonchev–Trinajstić information content (AvgIpc) is 2.84. The number of hydrogen-bond acceptors (Lipinski definition) is 6. The summed E-state index contributed by atoms with van der Waals surface area (Å²) in [5.74, 6) is -1.10. The van der Waals surface area contributed by atoms with E-state index in [1.54, 1.807) is 0 Å². The van der Waals surface area contributed by atoms with E-state index < -0.39 is 10.9 Å². The maximum Gasteiger partial charge on any atom is 0.313 e. The van der Waals surface area contributed by atoms with E-state index in [2.05, 4.69) is 15.2 Å². The molecule has 0 unspecified atom stereocenters. The number of nitrogens with zero attached hydrogens (tertiary/aromatic N) is 3. The summed E-state index contributed by atoms with van der Waals surface area (Å²) in [7, 11) is 0. The molecule has 0 aliphatic heterocycles. The highest BCUT2D eigenvalue weighted by Crippen LogP contribution is 2.34. The summed E-state index contributed by atoms with van der Waals surface area (Å²) in [6.07, 6.45) is 0. The van der Waals surface area contributed by atoms with Gasteiger partial charge in [-0.1, -0.05) is 29.4 Å². The molecule has 104 valence electrons. The second-order valence-corrected chi connectivity index (χ2v) is 4.89. The number of nitro groups is 1. The van der Waals surface area contributed by atoms with Crippen LogP contribution in [0.3, 0.4) is 0 Å². The molecule has 20 heavy (non-hydrogen) atoms. The number of aromatic amines is 1. The number of hydrogen-bond donors (Lipinski definition) is 2. The fourth-order valence-electron chi connectivity index (χ4n) is 1.45. The van der Waals surface area contributed by atoms with Gasteiger partial charge in [-0.25, -0.2) is 4.98 Å². The molecule has 2 rings (SSSR count). The van der Waals surface area contributed by atoms with Crippen LogP contribution in [0.4, 0.5) is 5.69 Å². The van der Waals surface area contributed by atoms with Crippen molar-refractivity contribution in [2.75, 3.05) is 5.75 Å². The molecule has 1 aromatic carbocycles.